The quantitative estimate of drug-likeness (QED) is 0.806. The minimum absolute atomic E-state index is 0.00222. The molecule has 1 aromatic rings. The van der Waals surface area contributed by atoms with Crippen molar-refractivity contribution >= 4 is 5.91 Å². The van der Waals surface area contributed by atoms with Crippen LogP contribution in [0, 0.1) is 0 Å². The van der Waals surface area contributed by atoms with Crippen LogP contribution in [0.5, 0.6) is 0 Å². The van der Waals surface area contributed by atoms with Crippen LogP contribution in [0.2, 0.25) is 0 Å². The number of benzene rings is 1. The lowest BCUT2D eigenvalue weighted by Gasteiger charge is -2.46. The summed E-state index contributed by atoms with van der Waals surface area (Å²) in [7, 11) is 0. The number of halogens is 3. The highest BCUT2D eigenvalue weighted by Gasteiger charge is 2.43. The summed E-state index contributed by atoms with van der Waals surface area (Å²) in [5, 5.41) is 0. The predicted molar refractivity (Wildman–Crippen MR) is 84.0 cm³/mol. The van der Waals surface area contributed by atoms with Crippen LogP contribution < -0.4 is 0 Å². The van der Waals surface area contributed by atoms with Crippen molar-refractivity contribution in [2.75, 3.05) is 46.0 Å². The molecule has 25 heavy (non-hydrogen) atoms. The van der Waals surface area contributed by atoms with Gasteiger partial charge >= 0.3 is 6.18 Å². The van der Waals surface area contributed by atoms with Crippen molar-refractivity contribution in [3.05, 3.63) is 35.9 Å². The number of carbonyl (C=O) groups is 1. The normalized spacial score (nSPS) is 21.0. The van der Waals surface area contributed by atoms with Crippen LogP contribution in [0.15, 0.2) is 30.3 Å². The molecule has 0 radical (unpaired) electrons. The highest BCUT2D eigenvalue weighted by Crippen LogP contribution is 2.35. The number of likely N-dealkylation sites (tertiary alicyclic amines) is 1. The standard InChI is InChI=1S/C17H21F3N2O3/c18-17(19,20)16(13-4-2-1-3-5-13)25-12-15(23)22-10-14(11-22)21-6-8-24-9-7-21/h1-5,14,16H,6-12H2/t16-/m0/s1. The first kappa shape index (κ1) is 18.2. The van der Waals surface area contributed by atoms with E-state index in [-0.39, 0.29) is 11.6 Å². The van der Waals surface area contributed by atoms with Crippen molar-refractivity contribution in [1.29, 1.82) is 0 Å². The summed E-state index contributed by atoms with van der Waals surface area (Å²) in [6.07, 6.45) is -6.65. The number of ether oxygens (including phenoxy) is 2. The average molecular weight is 358 g/mol. The molecule has 2 aliphatic rings. The maximum absolute atomic E-state index is 13.2. The highest BCUT2D eigenvalue weighted by molar-refractivity contribution is 5.78. The molecule has 0 N–H and O–H groups in total. The van der Waals surface area contributed by atoms with Gasteiger partial charge in [0.15, 0.2) is 6.10 Å². The summed E-state index contributed by atoms with van der Waals surface area (Å²) in [5.74, 6) is -0.408. The van der Waals surface area contributed by atoms with E-state index in [0.717, 1.165) is 13.1 Å². The third kappa shape index (κ3) is 4.50. The monoisotopic (exact) mass is 358 g/mol. The number of nitrogens with zero attached hydrogens (tertiary/aromatic N) is 2. The summed E-state index contributed by atoms with van der Waals surface area (Å²) < 4.78 is 49.8. The van der Waals surface area contributed by atoms with Crippen LogP contribution >= 0.6 is 0 Å². The third-order valence-electron chi connectivity index (χ3n) is 4.55. The number of hydrogen-bond acceptors (Lipinski definition) is 4. The summed E-state index contributed by atoms with van der Waals surface area (Å²) in [4.78, 5) is 15.9. The van der Waals surface area contributed by atoms with Crippen molar-refractivity contribution in [1.82, 2.24) is 9.80 Å². The Labute approximate surface area is 144 Å². The minimum Gasteiger partial charge on any atom is -0.379 e. The van der Waals surface area contributed by atoms with E-state index in [1.807, 2.05) is 0 Å². The molecule has 0 spiro atoms. The Hall–Kier alpha value is -1.64. The van der Waals surface area contributed by atoms with Crippen molar-refractivity contribution in [3.8, 4) is 0 Å². The molecule has 5 nitrogen and oxygen atoms in total. The molecule has 0 bridgehead atoms. The Morgan fingerprint density at radius 1 is 1.20 bits per heavy atom. The van der Waals surface area contributed by atoms with Crippen molar-refractivity contribution < 1.29 is 27.4 Å². The first-order chi connectivity index (χ1) is 11.9. The second kappa shape index (κ2) is 7.72. The Morgan fingerprint density at radius 2 is 1.84 bits per heavy atom. The van der Waals surface area contributed by atoms with E-state index in [2.05, 4.69) is 4.90 Å². The molecule has 2 saturated heterocycles. The fourth-order valence-corrected chi connectivity index (χ4v) is 3.09. The predicted octanol–water partition coefficient (Wildman–Crippen LogP) is 1.85. The SMILES string of the molecule is O=C(CO[C@@H](c1ccccc1)C(F)(F)F)N1CC(N2CCOCC2)C1. The zero-order valence-electron chi connectivity index (χ0n) is 13.7. The van der Waals surface area contributed by atoms with Gasteiger partial charge in [0.25, 0.3) is 0 Å². The number of hydrogen-bond donors (Lipinski definition) is 0. The minimum atomic E-state index is -4.56. The third-order valence-corrected chi connectivity index (χ3v) is 4.55. The lowest BCUT2D eigenvalue weighted by Crippen LogP contribution is -2.63. The second-order valence-corrected chi connectivity index (χ2v) is 6.24. The maximum atomic E-state index is 13.2. The van der Waals surface area contributed by atoms with Crippen molar-refractivity contribution in [2.24, 2.45) is 0 Å². The molecule has 0 aromatic heterocycles. The summed E-state index contributed by atoms with van der Waals surface area (Å²) in [6.45, 7) is 3.50. The number of alkyl halides is 3. The zero-order valence-corrected chi connectivity index (χ0v) is 13.7. The van der Waals surface area contributed by atoms with Gasteiger partial charge in [0.2, 0.25) is 5.91 Å². The van der Waals surface area contributed by atoms with E-state index in [4.69, 9.17) is 9.47 Å². The van der Waals surface area contributed by atoms with Crippen molar-refractivity contribution in [3.63, 3.8) is 0 Å². The van der Waals surface area contributed by atoms with Crippen molar-refractivity contribution in [2.45, 2.75) is 18.3 Å². The lowest BCUT2D eigenvalue weighted by atomic mass is 10.1. The average Bonchev–Trinajstić information content (AvgIpc) is 2.54. The van der Waals surface area contributed by atoms with Gasteiger partial charge < -0.3 is 14.4 Å². The summed E-state index contributed by atoms with van der Waals surface area (Å²) >= 11 is 0. The van der Waals surface area contributed by atoms with Crippen LogP contribution in [0.1, 0.15) is 11.7 Å². The van der Waals surface area contributed by atoms with E-state index in [0.29, 0.717) is 26.3 Å². The fraction of sp³-hybridized carbons (Fsp3) is 0.588. The van der Waals surface area contributed by atoms with E-state index < -0.39 is 24.8 Å². The number of rotatable bonds is 5. The molecule has 2 fully saturated rings. The second-order valence-electron chi connectivity index (χ2n) is 6.24. The van der Waals surface area contributed by atoms with E-state index in [1.54, 1.807) is 11.0 Å². The van der Waals surface area contributed by atoms with Gasteiger partial charge in [-0.05, 0) is 5.56 Å². The molecule has 138 valence electrons. The zero-order chi connectivity index (χ0) is 17.9. The molecule has 0 unspecified atom stereocenters. The van der Waals surface area contributed by atoms with Gasteiger partial charge in [0.1, 0.15) is 6.61 Å². The molecule has 2 aliphatic heterocycles. The Kier molecular flexibility index (Phi) is 5.61. The van der Waals surface area contributed by atoms with Crippen LogP contribution in [-0.2, 0) is 14.3 Å². The topological polar surface area (TPSA) is 42.0 Å². The lowest BCUT2D eigenvalue weighted by molar-refractivity contribution is -0.224. The molecule has 8 heteroatoms. The Balaban J connectivity index is 1.49. The van der Waals surface area contributed by atoms with Gasteiger partial charge in [-0.3, -0.25) is 9.69 Å². The molecular weight excluding hydrogens is 337 g/mol. The number of morpholine rings is 1. The number of carbonyl (C=O) groups excluding carboxylic acids is 1. The van der Waals surface area contributed by atoms with Gasteiger partial charge in [-0.15, -0.1) is 0 Å². The summed E-state index contributed by atoms with van der Waals surface area (Å²) in [5.41, 5.74) is -0.00222. The molecule has 1 atom stereocenters. The van der Waals surface area contributed by atoms with Gasteiger partial charge in [-0.2, -0.15) is 13.2 Å². The molecule has 0 saturated carbocycles. The van der Waals surface area contributed by atoms with E-state index in [1.165, 1.54) is 24.3 Å². The van der Waals surface area contributed by atoms with E-state index in [9.17, 15) is 18.0 Å². The van der Waals surface area contributed by atoms with Gasteiger partial charge in [-0.25, -0.2) is 0 Å². The first-order valence-corrected chi connectivity index (χ1v) is 8.28. The molecule has 2 heterocycles. The van der Waals surface area contributed by atoms with Crippen LogP contribution in [0.25, 0.3) is 0 Å². The maximum Gasteiger partial charge on any atom is 0.418 e. The molecule has 3 rings (SSSR count). The molecule has 1 amide bonds. The Morgan fingerprint density at radius 3 is 2.44 bits per heavy atom. The van der Waals surface area contributed by atoms with Gasteiger partial charge in [-0.1, -0.05) is 30.3 Å². The fourth-order valence-electron chi connectivity index (χ4n) is 3.09. The molecule has 1 aromatic carbocycles. The van der Waals surface area contributed by atoms with Gasteiger partial charge in [0, 0.05) is 32.2 Å². The van der Waals surface area contributed by atoms with E-state index >= 15 is 0 Å². The van der Waals surface area contributed by atoms with Crippen LogP contribution in [-0.4, -0.2) is 73.9 Å². The highest BCUT2D eigenvalue weighted by atomic mass is 19.4. The Bertz CT molecular complexity index is 570. The molecular formula is C17H21F3N2O3. The molecule has 0 aliphatic carbocycles. The van der Waals surface area contributed by atoms with Crippen LogP contribution in [0.3, 0.4) is 0 Å². The first-order valence-electron chi connectivity index (χ1n) is 8.28. The smallest absolute Gasteiger partial charge is 0.379 e. The van der Waals surface area contributed by atoms with Crippen LogP contribution in [0.4, 0.5) is 13.2 Å². The largest absolute Gasteiger partial charge is 0.418 e. The number of amides is 1. The summed E-state index contributed by atoms with van der Waals surface area (Å²) in [6, 6.07) is 7.62. The van der Waals surface area contributed by atoms with Gasteiger partial charge in [0.05, 0.1) is 13.2 Å².